The number of benzene rings is 2. The Balaban J connectivity index is 1.81. The Hall–Kier alpha value is -3.47. The number of hydrogen-bond acceptors (Lipinski definition) is 4. The fourth-order valence-corrected chi connectivity index (χ4v) is 2.84. The van der Waals surface area contributed by atoms with Crippen molar-refractivity contribution >= 4 is 17.7 Å². The van der Waals surface area contributed by atoms with Gasteiger partial charge in [-0.3, -0.25) is 9.59 Å². The lowest BCUT2D eigenvalue weighted by molar-refractivity contribution is -0.141. The molecule has 0 aliphatic rings. The number of carbonyl (C=O) groups is 2. The van der Waals surface area contributed by atoms with Gasteiger partial charge in [0.05, 0.1) is 19.2 Å². The SMILES string of the molecule is COC(=O)C(c1ccccc1)c1cccc(NC(=O)Cc2ccccc2)n1. The second kappa shape index (κ2) is 8.76. The number of carbonyl (C=O) groups excluding carboxylic acids is 2. The number of nitrogens with zero attached hydrogens (tertiary/aromatic N) is 1. The van der Waals surface area contributed by atoms with E-state index in [1.807, 2.05) is 60.7 Å². The summed E-state index contributed by atoms with van der Waals surface area (Å²) < 4.78 is 4.95. The van der Waals surface area contributed by atoms with Crippen LogP contribution in [0.2, 0.25) is 0 Å². The predicted octanol–water partition coefficient (Wildman–Crippen LogP) is 3.57. The van der Waals surface area contributed by atoms with Crippen molar-refractivity contribution in [3.8, 4) is 0 Å². The fourth-order valence-electron chi connectivity index (χ4n) is 2.84. The number of hydrogen-bond donors (Lipinski definition) is 1. The van der Waals surface area contributed by atoms with Crippen molar-refractivity contribution in [3.05, 3.63) is 95.7 Å². The van der Waals surface area contributed by atoms with E-state index < -0.39 is 11.9 Å². The van der Waals surface area contributed by atoms with E-state index in [1.165, 1.54) is 7.11 Å². The molecule has 0 aliphatic carbocycles. The molecule has 5 heteroatoms. The van der Waals surface area contributed by atoms with Gasteiger partial charge in [-0.05, 0) is 23.3 Å². The molecular weight excluding hydrogens is 340 g/mol. The van der Waals surface area contributed by atoms with Gasteiger partial charge in [0, 0.05) is 0 Å². The first-order chi connectivity index (χ1) is 13.2. The summed E-state index contributed by atoms with van der Waals surface area (Å²) in [6.45, 7) is 0. The van der Waals surface area contributed by atoms with Crippen LogP contribution in [0.4, 0.5) is 5.82 Å². The van der Waals surface area contributed by atoms with Crippen LogP contribution >= 0.6 is 0 Å². The van der Waals surface area contributed by atoms with Crippen LogP contribution in [0.5, 0.6) is 0 Å². The lowest BCUT2D eigenvalue weighted by Gasteiger charge is -2.15. The summed E-state index contributed by atoms with van der Waals surface area (Å²) in [5.41, 5.74) is 2.22. The molecule has 0 bridgehead atoms. The third-order valence-corrected chi connectivity index (χ3v) is 4.11. The number of pyridine rings is 1. The molecule has 3 aromatic rings. The van der Waals surface area contributed by atoms with Gasteiger partial charge in [0.1, 0.15) is 11.7 Å². The highest BCUT2D eigenvalue weighted by atomic mass is 16.5. The first kappa shape index (κ1) is 18.3. The second-order valence-corrected chi connectivity index (χ2v) is 6.03. The summed E-state index contributed by atoms with van der Waals surface area (Å²) >= 11 is 0. The minimum atomic E-state index is -0.651. The molecular formula is C22H20N2O3. The molecule has 0 saturated carbocycles. The summed E-state index contributed by atoms with van der Waals surface area (Å²) in [4.78, 5) is 29.1. The van der Waals surface area contributed by atoms with Gasteiger partial charge < -0.3 is 10.1 Å². The van der Waals surface area contributed by atoms with Crippen LogP contribution < -0.4 is 5.32 Å². The quantitative estimate of drug-likeness (QED) is 0.683. The van der Waals surface area contributed by atoms with Crippen LogP contribution in [0, 0.1) is 0 Å². The minimum Gasteiger partial charge on any atom is -0.468 e. The molecule has 1 amide bonds. The molecule has 0 radical (unpaired) electrons. The fraction of sp³-hybridized carbons (Fsp3) is 0.136. The highest BCUT2D eigenvalue weighted by molar-refractivity contribution is 5.91. The van der Waals surface area contributed by atoms with E-state index in [2.05, 4.69) is 10.3 Å². The topological polar surface area (TPSA) is 68.3 Å². The summed E-state index contributed by atoms with van der Waals surface area (Å²) in [5, 5.41) is 2.79. The zero-order valence-corrected chi connectivity index (χ0v) is 15.0. The smallest absolute Gasteiger partial charge is 0.319 e. The zero-order chi connectivity index (χ0) is 19.1. The Bertz CT molecular complexity index is 911. The number of aromatic nitrogens is 1. The number of ether oxygens (including phenoxy) is 1. The summed E-state index contributed by atoms with van der Waals surface area (Å²) in [5.74, 6) is -0.818. The largest absolute Gasteiger partial charge is 0.468 e. The molecule has 0 fully saturated rings. The van der Waals surface area contributed by atoms with Gasteiger partial charge in [-0.1, -0.05) is 66.7 Å². The molecule has 27 heavy (non-hydrogen) atoms. The molecule has 1 N–H and O–H groups in total. The van der Waals surface area contributed by atoms with Crippen molar-refractivity contribution in [3.63, 3.8) is 0 Å². The van der Waals surface area contributed by atoms with E-state index in [4.69, 9.17) is 4.74 Å². The molecule has 2 aromatic carbocycles. The zero-order valence-electron chi connectivity index (χ0n) is 15.0. The van der Waals surface area contributed by atoms with Crippen LogP contribution in [0.1, 0.15) is 22.7 Å². The molecule has 3 rings (SSSR count). The number of anilines is 1. The standard InChI is InChI=1S/C22H20N2O3/c1-27-22(26)21(17-11-6-3-7-12-17)18-13-8-14-19(23-18)24-20(25)15-16-9-4-2-5-10-16/h2-14,21H,15H2,1H3,(H,23,24,25). The van der Waals surface area contributed by atoms with Crippen molar-refractivity contribution in [2.75, 3.05) is 12.4 Å². The van der Waals surface area contributed by atoms with E-state index >= 15 is 0 Å². The Morgan fingerprint density at radius 1 is 0.926 bits per heavy atom. The number of esters is 1. The van der Waals surface area contributed by atoms with Crippen molar-refractivity contribution in [2.45, 2.75) is 12.3 Å². The van der Waals surface area contributed by atoms with E-state index in [0.717, 1.165) is 11.1 Å². The van der Waals surface area contributed by atoms with Gasteiger partial charge >= 0.3 is 5.97 Å². The third kappa shape index (κ3) is 4.79. The Kier molecular flexibility index (Phi) is 5.94. The number of rotatable bonds is 6. The number of amides is 1. The van der Waals surface area contributed by atoms with Crippen molar-refractivity contribution in [1.29, 1.82) is 0 Å². The molecule has 1 atom stereocenters. The van der Waals surface area contributed by atoms with E-state index in [0.29, 0.717) is 11.5 Å². The normalized spacial score (nSPS) is 11.4. The summed E-state index contributed by atoms with van der Waals surface area (Å²) in [6, 6.07) is 24.0. The maximum Gasteiger partial charge on any atom is 0.319 e. The molecule has 0 saturated heterocycles. The molecule has 5 nitrogen and oxygen atoms in total. The van der Waals surface area contributed by atoms with Crippen LogP contribution in [0.3, 0.4) is 0 Å². The number of nitrogens with one attached hydrogen (secondary N) is 1. The number of methoxy groups -OCH3 is 1. The minimum absolute atomic E-state index is 0.167. The van der Waals surface area contributed by atoms with Crippen molar-refractivity contribution in [1.82, 2.24) is 4.98 Å². The van der Waals surface area contributed by atoms with Gasteiger partial charge in [0.2, 0.25) is 5.91 Å². The maximum absolute atomic E-state index is 12.3. The maximum atomic E-state index is 12.3. The van der Waals surface area contributed by atoms with Crippen LogP contribution in [0.25, 0.3) is 0 Å². The highest BCUT2D eigenvalue weighted by Crippen LogP contribution is 2.25. The Labute approximate surface area is 158 Å². The van der Waals surface area contributed by atoms with Gasteiger partial charge in [-0.2, -0.15) is 0 Å². The Morgan fingerprint density at radius 3 is 2.26 bits per heavy atom. The van der Waals surface area contributed by atoms with Gasteiger partial charge in [0.15, 0.2) is 0 Å². The van der Waals surface area contributed by atoms with Crippen molar-refractivity contribution in [2.24, 2.45) is 0 Å². The van der Waals surface area contributed by atoms with Crippen LogP contribution in [0.15, 0.2) is 78.9 Å². The first-order valence-corrected chi connectivity index (χ1v) is 8.61. The molecule has 1 aromatic heterocycles. The molecule has 0 spiro atoms. The van der Waals surface area contributed by atoms with E-state index in [9.17, 15) is 9.59 Å². The molecule has 1 heterocycles. The Morgan fingerprint density at radius 2 is 1.59 bits per heavy atom. The van der Waals surface area contributed by atoms with Gasteiger partial charge in [-0.15, -0.1) is 0 Å². The lowest BCUT2D eigenvalue weighted by atomic mass is 9.95. The van der Waals surface area contributed by atoms with Gasteiger partial charge in [-0.25, -0.2) is 4.98 Å². The highest BCUT2D eigenvalue weighted by Gasteiger charge is 2.25. The predicted molar refractivity (Wildman–Crippen MR) is 103 cm³/mol. The van der Waals surface area contributed by atoms with Crippen LogP contribution in [-0.4, -0.2) is 24.0 Å². The summed E-state index contributed by atoms with van der Waals surface area (Å²) in [7, 11) is 1.35. The average Bonchev–Trinajstić information content (AvgIpc) is 2.70. The van der Waals surface area contributed by atoms with E-state index in [-0.39, 0.29) is 12.3 Å². The molecule has 0 aliphatic heterocycles. The average molecular weight is 360 g/mol. The first-order valence-electron chi connectivity index (χ1n) is 8.61. The van der Waals surface area contributed by atoms with E-state index in [1.54, 1.807) is 18.2 Å². The lowest BCUT2D eigenvalue weighted by Crippen LogP contribution is -2.19. The molecule has 1 unspecified atom stereocenters. The van der Waals surface area contributed by atoms with Gasteiger partial charge in [0.25, 0.3) is 0 Å². The van der Waals surface area contributed by atoms with Crippen molar-refractivity contribution < 1.29 is 14.3 Å². The van der Waals surface area contributed by atoms with Crippen LogP contribution in [-0.2, 0) is 20.7 Å². The summed E-state index contributed by atoms with van der Waals surface area (Å²) in [6.07, 6.45) is 0.256. The second-order valence-electron chi connectivity index (χ2n) is 6.03. The molecule has 136 valence electrons. The third-order valence-electron chi connectivity index (χ3n) is 4.11. The monoisotopic (exact) mass is 360 g/mol.